The average Bonchev–Trinajstić information content (AvgIpc) is 2.78. The summed E-state index contributed by atoms with van der Waals surface area (Å²) in [6.07, 6.45) is 4.85. The molecule has 0 saturated carbocycles. The molecule has 0 aliphatic carbocycles. The Hall–Kier alpha value is -1.01. The molecule has 1 fully saturated rings. The molecule has 17 heavy (non-hydrogen) atoms. The van der Waals surface area contributed by atoms with Crippen LogP contribution in [0.5, 0.6) is 0 Å². The summed E-state index contributed by atoms with van der Waals surface area (Å²) < 4.78 is 26.2. The third kappa shape index (κ3) is 3.01. The maximum atomic E-state index is 12.6. The summed E-state index contributed by atoms with van der Waals surface area (Å²) in [5.41, 5.74) is 5.61. The van der Waals surface area contributed by atoms with Crippen LogP contribution in [0.25, 0.3) is 0 Å². The summed E-state index contributed by atoms with van der Waals surface area (Å²) >= 11 is 0. The Morgan fingerprint density at radius 2 is 2.12 bits per heavy atom. The minimum absolute atomic E-state index is 0.436. The topological polar surface area (TPSA) is 47.1 Å². The molecular formula is C11H18F2N4. The molecule has 0 atom stereocenters. The van der Waals surface area contributed by atoms with E-state index in [0.29, 0.717) is 18.3 Å². The lowest BCUT2D eigenvalue weighted by atomic mass is 9.97. The Labute approximate surface area is 99.4 Å². The Morgan fingerprint density at radius 1 is 1.41 bits per heavy atom. The number of hydrogen-bond acceptors (Lipinski definition) is 3. The van der Waals surface area contributed by atoms with Gasteiger partial charge in [0.1, 0.15) is 5.82 Å². The highest BCUT2D eigenvalue weighted by Gasteiger charge is 2.20. The van der Waals surface area contributed by atoms with Gasteiger partial charge in [-0.2, -0.15) is 8.78 Å². The Kier molecular flexibility index (Phi) is 4.06. The second-order valence-electron chi connectivity index (χ2n) is 4.48. The van der Waals surface area contributed by atoms with Crippen LogP contribution in [0, 0.1) is 5.92 Å². The molecule has 0 radical (unpaired) electrons. The summed E-state index contributed by atoms with van der Waals surface area (Å²) in [5.74, 6) is 1.02. The molecule has 0 aromatic carbocycles. The van der Waals surface area contributed by atoms with Crippen LogP contribution in [0.2, 0.25) is 0 Å². The molecule has 0 bridgehead atoms. The Morgan fingerprint density at radius 3 is 2.71 bits per heavy atom. The molecule has 1 aliphatic rings. The first-order valence-corrected chi connectivity index (χ1v) is 5.93. The van der Waals surface area contributed by atoms with Gasteiger partial charge >= 0.3 is 6.55 Å². The summed E-state index contributed by atoms with van der Waals surface area (Å²) in [6, 6.07) is 0. The second-order valence-corrected chi connectivity index (χ2v) is 4.48. The normalized spacial score (nSPS) is 19.1. The van der Waals surface area contributed by atoms with Crippen molar-refractivity contribution in [2.45, 2.75) is 25.9 Å². The van der Waals surface area contributed by atoms with E-state index in [0.717, 1.165) is 37.0 Å². The van der Waals surface area contributed by atoms with E-state index in [1.54, 1.807) is 0 Å². The lowest BCUT2D eigenvalue weighted by molar-refractivity contribution is 0.0624. The number of halogens is 2. The number of nitrogens with two attached hydrogens (primary N) is 1. The standard InChI is InChI=1S/C11H18F2N4/c12-11(13)17-6-3-15-10(17)8-16-4-1-9(7-14)2-5-16/h3,6,9,11H,1-2,4-5,7-8,14H2. The van der Waals surface area contributed by atoms with Crippen LogP contribution < -0.4 is 5.73 Å². The number of rotatable bonds is 4. The highest BCUT2D eigenvalue weighted by molar-refractivity contribution is 4.93. The largest absolute Gasteiger partial charge is 0.330 e. The van der Waals surface area contributed by atoms with Gasteiger partial charge in [0.05, 0.1) is 6.54 Å². The predicted octanol–water partition coefficient (Wildman–Crippen LogP) is 1.45. The van der Waals surface area contributed by atoms with Gasteiger partial charge in [0.2, 0.25) is 0 Å². The fourth-order valence-electron chi connectivity index (χ4n) is 2.22. The molecule has 0 unspecified atom stereocenters. The number of hydrogen-bond donors (Lipinski definition) is 1. The molecular weight excluding hydrogens is 226 g/mol. The number of imidazole rings is 1. The molecule has 2 rings (SSSR count). The van der Waals surface area contributed by atoms with Gasteiger partial charge in [-0.3, -0.25) is 9.47 Å². The Balaban J connectivity index is 1.91. The van der Waals surface area contributed by atoms with Gasteiger partial charge in [0.15, 0.2) is 0 Å². The van der Waals surface area contributed by atoms with Crippen molar-refractivity contribution in [3.05, 3.63) is 18.2 Å². The fourth-order valence-corrected chi connectivity index (χ4v) is 2.22. The monoisotopic (exact) mass is 244 g/mol. The molecule has 2 heterocycles. The smallest absolute Gasteiger partial charge is 0.319 e. The third-order valence-corrected chi connectivity index (χ3v) is 3.36. The molecule has 0 spiro atoms. The lowest BCUT2D eigenvalue weighted by Gasteiger charge is -2.31. The fraction of sp³-hybridized carbons (Fsp3) is 0.727. The SMILES string of the molecule is NCC1CCN(Cc2nccn2C(F)F)CC1. The minimum atomic E-state index is -2.51. The van der Waals surface area contributed by atoms with Gasteiger partial charge in [-0.15, -0.1) is 0 Å². The van der Waals surface area contributed by atoms with Crippen molar-refractivity contribution in [2.24, 2.45) is 11.7 Å². The maximum Gasteiger partial charge on any atom is 0.319 e. The van der Waals surface area contributed by atoms with Crippen LogP contribution >= 0.6 is 0 Å². The van der Waals surface area contributed by atoms with Gasteiger partial charge in [-0.25, -0.2) is 4.98 Å². The van der Waals surface area contributed by atoms with Gasteiger partial charge in [0.25, 0.3) is 0 Å². The number of nitrogens with zero attached hydrogens (tertiary/aromatic N) is 3. The number of likely N-dealkylation sites (tertiary alicyclic amines) is 1. The first-order chi connectivity index (χ1) is 8.20. The average molecular weight is 244 g/mol. The summed E-state index contributed by atoms with van der Waals surface area (Å²) in [5, 5.41) is 0. The molecule has 96 valence electrons. The minimum Gasteiger partial charge on any atom is -0.330 e. The number of aromatic nitrogens is 2. The predicted molar refractivity (Wildman–Crippen MR) is 60.5 cm³/mol. The van der Waals surface area contributed by atoms with Crippen molar-refractivity contribution in [3.8, 4) is 0 Å². The van der Waals surface area contributed by atoms with Crippen LogP contribution in [0.4, 0.5) is 8.78 Å². The molecule has 1 aromatic rings. The van der Waals surface area contributed by atoms with E-state index in [1.807, 2.05) is 0 Å². The second kappa shape index (κ2) is 5.55. The highest BCUT2D eigenvalue weighted by Crippen LogP contribution is 2.19. The molecule has 1 saturated heterocycles. The van der Waals surface area contributed by atoms with E-state index in [9.17, 15) is 8.78 Å². The van der Waals surface area contributed by atoms with Crippen molar-refractivity contribution >= 4 is 0 Å². The van der Waals surface area contributed by atoms with Gasteiger partial charge < -0.3 is 5.73 Å². The van der Waals surface area contributed by atoms with Crippen LogP contribution in [0.3, 0.4) is 0 Å². The van der Waals surface area contributed by atoms with Crippen molar-refractivity contribution in [3.63, 3.8) is 0 Å². The van der Waals surface area contributed by atoms with E-state index in [-0.39, 0.29) is 0 Å². The summed E-state index contributed by atoms with van der Waals surface area (Å²) in [7, 11) is 0. The first-order valence-electron chi connectivity index (χ1n) is 5.93. The van der Waals surface area contributed by atoms with Crippen LogP contribution in [-0.2, 0) is 6.54 Å². The van der Waals surface area contributed by atoms with E-state index in [1.165, 1.54) is 12.4 Å². The quantitative estimate of drug-likeness (QED) is 0.872. The van der Waals surface area contributed by atoms with Crippen molar-refractivity contribution in [2.75, 3.05) is 19.6 Å². The van der Waals surface area contributed by atoms with Gasteiger partial charge in [-0.05, 0) is 38.4 Å². The van der Waals surface area contributed by atoms with Crippen molar-refractivity contribution in [1.82, 2.24) is 14.5 Å². The third-order valence-electron chi connectivity index (χ3n) is 3.36. The number of piperidine rings is 1. The van der Waals surface area contributed by atoms with Crippen molar-refractivity contribution < 1.29 is 8.78 Å². The van der Waals surface area contributed by atoms with E-state index in [2.05, 4.69) is 9.88 Å². The van der Waals surface area contributed by atoms with E-state index in [4.69, 9.17) is 5.73 Å². The van der Waals surface area contributed by atoms with Gasteiger partial charge in [0, 0.05) is 12.4 Å². The summed E-state index contributed by atoms with van der Waals surface area (Å²) in [6.45, 7) is 0.540. The first kappa shape index (κ1) is 12.4. The zero-order chi connectivity index (χ0) is 12.3. The van der Waals surface area contributed by atoms with Crippen LogP contribution in [0.1, 0.15) is 25.2 Å². The zero-order valence-corrected chi connectivity index (χ0v) is 9.73. The zero-order valence-electron chi connectivity index (χ0n) is 9.73. The van der Waals surface area contributed by atoms with Gasteiger partial charge in [-0.1, -0.05) is 0 Å². The lowest BCUT2D eigenvalue weighted by Crippen LogP contribution is -2.36. The highest BCUT2D eigenvalue weighted by atomic mass is 19.3. The molecule has 2 N–H and O–H groups in total. The molecule has 4 nitrogen and oxygen atoms in total. The maximum absolute atomic E-state index is 12.6. The molecule has 6 heteroatoms. The van der Waals surface area contributed by atoms with Crippen LogP contribution in [-0.4, -0.2) is 34.1 Å². The molecule has 1 aliphatic heterocycles. The number of alkyl halides is 2. The molecule has 1 aromatic heterocycles. The summed E-state index contributed by atoms with van der Waals surface area (Å²) in [4.78, 5) is 6.15. The van der Waals surface area contributed by atoms with E-state index < -0.39 is 6.55 Å². The van der Waals surface area contributed by atoms with Crippen molar-refractivity contribution in [1.29, 1.82) is 0 Å². The Bertz CT molecular complexity index is 345. The van der Waals surface area contributed by atoms with Crippen LogP contribution in [0.15, 0.2) is 12.4 Å². The van der Waals surface area contributed by atoms with E-state index >= 15 is 0 Å². The molecule has 0 amide bonds.